The highest BCUT2D eigenvalue weighted by Gasteiger charge is 2.41. The van der Waals surface area contributed by atoms with Gasteiger partial charge >= 0.3 is 0 Å². The molecule has 0 bridgehead atoms. The van der Waals surface area contributed by atoms with E-state index >= 15 is 0 Å². The van der Waals surface area contributed by atoms with E-state index in [0.29, 0.717) is 16.5 Å². The molecule has 0 radical (unpaired) electrons. The second kappa shape index (κ2) is 18.6. The topological polar surface area (TPSA) is 164 Å². The number of halogens is 6. The summed E-state index contributed by atoms with van der Waals surface area (Å²) in [5.41, 5.74) is 1.00. The number of alkyl halides is 2. The van der Waals surface area contributed by atoms with Crippen molar-refractivity contribution in [1.82, 2.24) is 29.3 Å². The second-order valence-electron chi connectivity index (χ2n) is 14.2. The van der Waals surface area contributed by atoms with Gasteiger partial charge in [0.25, 0.3) is 0 Å². The summed E-state index contributed by atoms with van der Waals surface area (Å²) in [6.07, 6.45) is -2.37. The number of ketones is 1. The lowest BCUT2D eigenvalue weighted by Crippen LogP contribution is -2.49. The Kier molecular flexibility index (Phi) is 13.8. The van der Waals surface area contributed by atoms with Crippen LogP contribution in [0.15, 0.2) is 60.8 Å². The van der Waals surface area contributed by atoms with E-state index in [-0.39, 0.29) is 58.5 Å². The van der Waals surface area contributed by atoms with Crippen molar-refractivity contribution >= 4 is 74.8 Å². The fourth-order valence-corrected chi connectivity index (χ4v) is 8.14. The van der Waals surface area contributed by atoms with Crippen LogP contribution in [0.5, 0.6) is 0 Å². The Labute approximate surface area is 348 Å². The van der Waals surface area contributed by atoms with Crippen LogP contribution >= 0.6 is 23.2 Å². The lowest BCUT2D eigenvalue weighted by atomic mass is 10.1. The van der Waals surface area contributed by atoms with Crippen LogP contribution < -0.4 is 10.6 Å². The molecule has 0 spiro atoms. The minimum atomic E-state index is -3.00. The molecule has 13 nitrogen and oxygen atoms in total. The third kappa shape index (κ3) is 9.95. The van der Waals surface area contributed by atoms with Gasteiger partial charge in [0.1, 0.15) is 42.6 Å². The standard InChI is InChI=1S/C39H38Cl2F4N6O7S/c1-21(52)28-18-48(19-34(53)50-16-25(42)11-32(50)38(55)46-13-23-4-2-6-29(40)36(23)44)31-10-22(8-9-27(28)31)15-49(59(57)58)20-35(54)51-17-26(43)12-33(51)39(56)47-14-24-5-3-7-30(41)37(24)45/h2-10,18,25-26,32-33H,11-17,19-20H2,1H3,(H,46,55)(H,47,56)(H,57,58)/p-1/t25-,26-,32+,33+/m1/s1. The Morgan fingerprint density at radius 1 is 0.831 bits per heavy atom. The molecule has 3 aromatic carbocycles. The van der Waals surface area contributed by atoms with Gasteiger partial charge in [-0.15, -0.1) is 0 Å². The summed E-state index contributed by atoms with van der Waals surface area (Å²) in [7, 11) is 0. The Morgan fingerprint density at radius 3 is 1.86 bits per heavy atom. The van der Waals surface area contributed by atoms with Crippen LogP contribution in [0.4, 0.5) is 17.6 Å². The molecule has 20 heteroatoms. The Bertz CT molecular complexity index is 2340. The highest BCUT2D eigenvalue weighted by molar-refractivity contribution is 7.76. The molecule has 1 aromatic heterocycles. The van der Waals surface area contributed by atoms with Gasteiger partial charge in [-0.1, -0.05) is 59.6 Å². The summed E-state index contributed by atoms with van der Waals surface area (Å²) in [4.78, 5) is 68.0. The first kappa shape index (κ1) is 43.7. The van der Waals surface area contributed by atoms with Crippen molar-refractivity contribution in [2.45, 2.75) is 70.4 Å². The normalized spacial score (nSPS) is 19.7. The maximum atomic E-state index is 14.7. The number of aromatic nitrogens is 1. The van der Waals surface area contributed by atoms with E-state index in [2.05, 4.69) is 10.6 Å². The van der Waals surface area contributed by atoms with Crippen LogP contribution in [0, 0.1) is 11.6 Å². The average Bonchev–Trinajstić information content (AvgIpc) is 3.90. The van der Waals surface area contributed by atoms with E-state index in [1.807, 2.05) is 0 Å². The zero-order valence-corrected chi connectivity index (χ0v) is 33.6. The zero-order chi connectivity index (χ0) is 42.7. The summed E-state index contributed by atoms with van der Waals surface area (Å²) in [5, 5.41) is 5.10. The molecule has 2 fully saturated rings. The number of fused-ring (bicyclic) bond motifs is 1. The Morgan fingerprint density at radius 2 is 1.36 bits per heavy atom. The largest absolute Gasteiger partial charge is 0.760 e. The third-order valence-corrected chi connectivity index (χ3v) is 11.5. The SMILES string of the molecule is CC(=O)c1cn(CC(=O)N2C[C@H](F)C[C@H]2C(=O)NCc2cccc(Cl)c2F)c2cc(CN(CC(=O)N3C[C@H](F)C[C@H]3C(=O)NCc3cccc(Cl)c3F)S(=O)[O-])ccc12. The second-order valence-corrected chi connectivity index (χ2v) is 16.0. The molecule has 3 heterocycles. The molecule has 0 aliphatic carbocycles. The number of hydrogen-bond donors (Lipinski definition) is 2. The monoisotopic (exact) mass is 879 g/mol. The molecule has 1 unspecified atom stereocenters. The number of Topliss-reactive ketones (excluding diaryl/α,β-unsaturated/α-hetero) is 1. The van der Waals surface area contributed by atoms with Crippen LogP contribution in [0.1, 0.15) is 46.8 Å². The van der Waals surface area contributed by atoms with Gasteiger partial charge in [-0.25, -0.2) is 21.9 Å². The molecular weight excluding hydrogens is 843 g/mol. The molecule has 0 saturated carbocycles. The van der Waals surface area contributed by atoms with Crippen molar-refractivity contribution in [1.29, 1.82) is 0 Å². The molecule has 6 rings (SSSR count). The predicted octanol–water partition coefficient (Wildman–Crippen LogP) is 4.54. The van der Waals surface area contributed by atoms with Crippen LogP contribution in [0.25, 0.3) is 10.9 Å². The lowest BCUT2D eigenvalue weighted by Gasteiger charge is -2.29. The molecule has 2 aliphatic heterocycles. The van der Waals surface area contributed by atoms with Crippen LogP contribution in [0.3, 0.4) is 0 Å². The first-order valence-corrected chi connectivity index (χ1v) is 20.1. The lowest BCUT2D eigenvalue weighted by molar-refractivity contribution is -0.139. The predicted molar refractivity (Wildman–Crippen MR) is 208 cm³/mol. The summed E-state index contributed by atoms with van der Waals surface area (Å²) in [6.45, 7) is -1.75. The van der Waals surface area contributed by atoms with E-state index in [0.717, 1.165) is 14.1 Å². The maximum Gasteiger partial charge on any atom is 0.243 e. The van der Waals surface area contributed by atoms with Gasteiger partial charge in [-0.3, -0.25) is 28.2 Å². The number of rotatable bonds is 14. The van der Waals surface area contributed by atoms with Crippen molar-refractivity contribution in [3.05, 3.63) is 105 Å². The van der Waals surface area contributed by atoms with Gasteiger partial charge in [0.05, 0.1) is 29.7 Å². The van der Waals surface area contributed by atoms with Crippen LogP contribution in [-0.4, -0.2) is 101 Å². The van der Waals surface area contributed by atoms with Crippen molar-refractivity contribution < 1.29 is 50.3 Å². The average molecular weight is 881 g/mol. The number of hydrogen-bond acceptors (Lipinski definition) is 7. The van der Waals surface area contributed by atoms with Gasteiger partial charge in [0.2, 0.25) is 23.6 Å². The number of likely N-dealkylation sites (tertiary alicyclic amines) is 2. The Balaban J connectivity index is 1.15. The quantitative estimate of drug-likeness (QED) is 0.107. The minimum absolute atomic E-state index is 0.0649. The summed E-state index contributed by atoms with van der Waals surface area (Å²) in [5.74, 6) is -4.85. The van der Waals surface area contributed by atoms with E-state index in [1.165, 1.54) is 72.3 Å². The van der Waals surface area contributed by atoms with Gasteiger partial charge < -0.3 is 29.6 Å². The molecule has 2 saturated heterocycles. The van der Waals surface area contributed by atoms with E-state index < -0.39 is 104 Å². The van der Waals surface area contributed by atoms with Crippen LogP contribution in [-0.2, 0) is 56.6 Å². The number of amides is 4. The van der Waals surface area contributed by atoms with Crippen LogP contribution in [0.2, 0.25) is 10.0 Å². The molecule has 5 atom stereocenters. The molecular formula is C39H37Cl2F4N6O7S-. The van der Waals surface area contributed by atoms with Gasteiger partial charge in [-0.05, 0) is 30.7 Å². The van der Waals surface area contributed by atoms with Crippen molar-refractivity contribution in [2.24, 2.45) is 0 Å². The fourth-order valence-electron chi connectivity index (χ4n) is 7.28. The molecule has 314 valence electrons. The van der Waals surface area contributed by atoms with Gasteiger partial charge in [0, 0.05) is 77.5 Å². The maximum absolute atomic E-state index is 14.7. The van der Waals surface area contributed by atoms with Crippen molar-refractivity contribution in [2.75, 3.05) is 19.6 Å². The van der Waals surface area contributed by atoms with E-state index in [1.54, 1.807) is 0 Å². The first-order chi connectivity index (χ1) is 28.0. The van der Waals surface area contributed by atoms with Gasteiger partial charge in [-0.2, -0.15) is 0 Å². The fraction of sp³-hybridized carbons (Fsp3) is 0.359. The molecule has 2 N–H and O–H groups in total. The van der Waals surface area contributed by atoms with E-state index in [9.17, 15) is 50.3 Å². The van der Waals surface area contributed by atoms with Gasteiger partial charge in [0.15, 0.2) is 5.78 Å². The smallest absolute Gasteiger partial charge is 0.243 e. The van der Waals surface area contributed by atoms with Crippen molar-refractivity contribution in [3.63, 3.8) is 0 Å². The molecule has 4 amide bonds. The number of carbonyl (C=O) groups is 5. The Hall–Kier alpha value is -4.88. The molecule has 2 aliphatic rings. The zero-order valence-electron chi connectivity index (χ0n) is 31.3. The third-order valence-electron chi connectivity index (χ3n) is 10.2. The summed E-state index contributed by atoms with van der Waals surface area (Å²) >= 11 is 8.63. The highest BCUT2D eigenvalue weighted by atomic mass is 35.5. The number of nitrogens with zero attached hydrogens (tertiary/aromatic N) is 4. The van der Waals surface area contributed by atoms with Crippen molar-refractivity contribution in [3.8, 4) is 0 Å². The first-order valence-electron chi connectivity index (χ1n) is 18.3. The summed E-state index contributed by atoms with van der Waals surface area (Å²) < 4.78 is 85.1. The number of nitrogens with one attached hydrogen (secondary N) is 2. The molecule has 59 heavy (non-hydrogen) atoms. The highest BCUT2D eigenvalue weighted by Crippen LogP contribution is 2.28. The van der Waals surface area contributed by atoms with E-state index in [4.69, 9.17) is 23.2 Å². The minimum Gasteiger partial charge on any atom is -0.760 e. The number of benzene rings is 3. The molecule has 4 aromatic rings. The number of carbonyl (C=O) groups excluding carboxylic acids is 5. The summed E-state index contributed by atoms with van der Waals surface area (Å²) in [6, 6.07) is 10.5.